The molecule has 18 heavy (non-hydrogen) atoms. The molecule has 0 spiro atoms. The third kappa shape index (κ3) is 2.20. The Morgan fingerprint density at radius 1 is 1.22 bits per heavy atom. The molecule has 1 aliphatic carbocycles. The molecule has 1 aliphatic heterocycles. The van der Waals surface area contributed by atoms with Crippen LogP contribution in [0.2, 0.25) is 5.02 Å². The van der Waals surface area contributed by atoms with Gasteiger partial charge in [0.25, 0.3) is 0 Å². The van der Waals surface area contributed by atoms with Gasteiger partial charge in [0, 0.05) is 18.1 Å². The van der Waals surface area contributed by atoms with E-state index >= 15 is 0 Å². The lowest BCUT2D eigenvalue weighted by molar-refractivity contribution is 0.231. The van der Waals surface area contributed by atoms with Crippen LogP contribution in [0.5, 0.6) is 0 Å². The fourth-order valence-electron chi connectivity index (χ4n) is 3.50. The Morgan fingerprint density at radius 3 is 2.61 bits per heavy atom. The fourth-order valence-corrected chi connectivity index (χ4v) is 3.67. The third-order valence-corrected chi connectivity index (χ3v) is 4.50. The largest absolute Gasteiger partial charge is 0.370 e. The summed E-state index contributed by atoms with van der Waals surface area (Å²) in [5, 5.41) is 9.89. The van der Waals surface area contributed by atoms with Crippen molar-refractivity contribution < 1.29 is 0 Å². The van der Waals surface area contributed by atoms with Crippen molar-refractivity contribution in [1.29, 1.82) is 5.26 Å². The number of anilines is 1. The van der Waals surface area contributed by atoms with E-state index in [2.05, 4.69) is 11.0 Å². The highest BCUT2D eigenvalue weighted by atomic mass is 35.5. The Morgan fingerprint density at radius 2 is 1.94 bits per heavy atom. The van der Waals surface area contributed by atoms with E-state index in [1.165, 1.54) is 25.7 Å². The molecule has 1 aromatic carbocycles. The van der Waals surface area contributed by atoms with E-state index in [-0.39, 0.29) is 0 Å². The van der Waals surface area contributed by atoms with Gasteiger partial charge in [-0.15, -0.1) is 0 Å². The molecular formula is C15H17ClN2. The molecule has 3 heteroatoms. The maximum absolute atomic E-state index is 9.24. The van der Waals surface area contributed by atoms with Gasteiger partial charge in [-0.3, -0.25) is 0 Å². The minimum atomic E-state index is 0.646. The first-order valence-corrected chi connectivity index (χ1v) is 7.08. The fraction of sp³-hybridized carbons (Fsp3) is 0.533. The second-order valence-corrected chi connectivity index (χ2v) is 6.01. The second kappa shape index (κ2) is 4.82. The highest BCUT2D eigenvalue weighted by Crippen LogP contribution is 2.37. The Kier molecular flexibility index (Phi) is 3.18. The number of hydrogen-bond acceptors (Lipinski definition) is 2. The van der Waals surface area contributed by atoms with E-state index in [0.29, 0.717) is 10.6 Å². The highest BCUT2D eigenvalue weighted by Gasteiger charge is 2.31. The lowest BCUT2D eigenvalue weighted by Crippen LogP contribution is -2.43. The van der Waals surface area contributed by atoms with E-state index in [0.717, 1.165) is 30.6 Å². The van der Waals surface area contributed by atoms with Crippen LogP contribution < -0.4 is 4.90 Å². The van der Waals surface area contributed by atoms with Gasteiger partial charge in [-0.05, 0) is 49.3 Å². The first-order valence-electron chi connectivity index (χ1n) is 6.71. The summed E-state index contributed by atoms with van der Waals surface area (Å²) in [4.78, 5) is 2.40. The zero-order valence-corrected chi connectivity index (χ0v) is 11.2. The summed E-state index contributed by atoms with van der Waals surface area (Å²) < 4.78 is 0. The smallest absolute Gasteiger partial charge is 0.101 e. The highest BCUT2D eigenvalue weighted by molar-refractivity contribution is 6.30. The van der Waals surface area contributed by atoms with Crippen LogP contribution in [0.1, 0.15) is 31.2 Å². The summed E-state index contributed by atoms with van der Waals surface area (Å²) in [5.41, 5.74) is 1.78. The Labute approximate surface area is 113 Å². The number of rotatable bonds is 1. The Bertz CT molecular complexity index is 480. The minimum Gasteiger partial charge on any atom is -0.370 e. The van der Waals surface area contributed by atoms with Crippen LogP contribution in [0.15, 0.2) is 18.2 Å². The van der Waals surface area contributed by atoms with Crippen molar-refractivity contribution in [3.8, 4) is 6.07 Å². The predicted molar refractivity (Wildman–Crippen MR) is 73.8 cm³/mol. The molecule has 3 rings (SSSR count). The molecule has 2 unspecified atom stereocenters. The molecule has 1 saturated carbocycles. The molecule has 2 fully saturated rings. The molecule has 1 saturated heterocycles. The van der Waals surface area contributed by atoms with Gasteiger partial charge >= 0.3 is 0 Å². The van der Waals surface area contributed by atoms with Crippen molar-refractivity contribution in [2.75, 3.05) is 18.0 Å². The summed E-state index contributed by atoms with van der Waals surface area (Å²) in [7, 11) is 0. The number of nitriles is 1. The van der Waals surface area contributed by atoms with Crippen molar-refractivity contribution in [3.63, 3.8) is 0 Å². The molecule has 1 aromatic rings. The number of fused-ring (bicyclic) bond motifs is 2. The van der Waals surface area contributed by atoms with Crippen molar-refractivity contribution >= 4 is 17.3 Å². The van der Waals surface area contributed by atoms with Crippen LogP contribution >= 0.6 is 11.6 Å². The zero-order valence-electron chi connectivity index (χ0n) is 10.4. The number of benzene rings is 1. The van der Waals surface area contributed by atoms with Gasteiger partial charge in [0.15, 0.2) is 0 Å². The number of hydrogen-bond donors (Lipinski definition) is 0. The van der Waals surface area contributed by atoms with Crippen LogP contribution in [0.25, 0.3) is 0 Å². The standard InChI is InChI=1S/C15H17ClN2/c16-14-4-5-15(13(7-14)8-17)18-9-11-2-1-3-12(6-11)10-18/h4-5,7,11-12H,1-3,6,9-10H2. The van der Waals surface area contributed by atoms with E-state index in [9.17, 15) is 5.26 Å². The molecule has 2 atom stereocenters. The summed E-state index contributed by atoms with van der Waals surface area (Å²) >= 11 is 5.96. The number of halogens is 1. The maximum Gasteiger partial charge on any atom is 0.101 e. The Hall–Kier alpha value is -1.20. The van der Waals surface area contributed by atoms with E-state index in [4.69, 9.17) is 11.6 Å². The van der Waals surface area contributed by atoms with Crippen LogP contribution in [0.4, 0.5) is 5.69 Å². The van der Waals surface area contributed by atoms with Gasteiger partial charge in [-0.25, -0.2) is 0 Å². The lowest BCUT2D eigenvalue weighted by Gasteiger charge is -2.42. The van der Waals surface area contributed by atoms with Crippen LogP contribution in [-0.2, 0) is 0 Å². The van der Waals surface area contributed by atoms with Crippen molar-refractivity contribution in [1.82, 2.24) is 0 Å². The second-order valence-electron chi connectivity index (χ2n) is 5.58. The van der Waals surface area contributed by atoms with Crippen molar-refractivity contribution in [3.05, 3.63) is 28.8 Å². The lowest BCUT2D eigenvalue weighted by atomic mass is 9.77. The van der Waals surface area contributed by atoms with Crippen LogP contribution in [0, 0.1) is 23.2 Å². The first kappa shape index (κ1) is 11.9. The van der Waals surface area contributed by atoms with Crippen molar-refractivity contribution in [2.24, 2.45) is 11.8 Å². The molecule has 0 N–H and O–H groups in total. The minimum absolute atomic E-state index is 0.646. The number of piperidine rings is 1. The summed E-state index contributed by atoms with van der Waals surface area (Å²) in [6, 6.07) is 7.95. The van der Waals surface area contributed by atoms with Gasteiger partial charge in [-0.1, -0.05) is 18.0 Å². The SMILES string of the molecule is N#Cc1cc(Cl)ccc1N1CC2CCCC(C2)C1. The van der Waals surface area contributed by atoms with E-state index in [1.807, 2.05) is 12.1 Å². The predicted octanol–water partition coefficient (Wildman–Crippen LogP) is 3.84. The molecule has 2 aliphatic rings. The van der Waals surface area contributed by atoms with E-state index in [1.54, 1.807) is 6.07 Å². The van der Waals surface area contributed by atoms with Gasteiger partial charge < -0.3 is 4.90 Å². The van der Waals surface area contributed by atoms with Crippen LogP contribution in [0.3, 0.4) is 0 Å². The normalized spacial score (nSPS) is 26.8. The van der Waals surface area contributed by atoms with Gasteiger partial charge in [0.2, 0.25) is 0 Å². The summed E-state index contributed by atoms with van der Waals surface area (Å²) in [5.74, 6) is 1.64. The summed E-state index contributed by atoms with van der Waals surface area (Å²) in [6.07, 6.45) is 5.46. The molecule has 94 valence electrons. The molecule has 2 bridgehead atoms. The Balaban J connectivity index is 1.89. The van der Waals surface area contributed by atoms with Crippen molar-refractivity contribution in [2.45, 2.75) is 25.7 Å². The molecule has 0 amide bonds. The van der Waals surface area contributed by atoms with Gasteiger partial charge in [0.1, 0.15) is 6.07 Å². The molecule has 2 nitrogen and oxygen atoms in total. The average Bonchev–Trinajstić information content (AvgIpc) is 2.38. The first-order chi connectivity index (χ1) is 8.76. The number of nitrogens with zero attached hydrogens (tertiary/aromatic N) is 2. The maximum atomic E-state index is 9.24. The molecule has 0 radical (unpaired) electrons. The van der Waals surface area contributed by atoms with E-state index < -0.39 is 0 Å². The van der Waals surface area contributed by atoms with Crippen LogP contribution in [-0.4, -0.2) is 13.1 Å². The molecule has 1 heterocycles. The molecular weight excluding hydrogens is 244 g/mol. The third-order valence-electron chi connectivity index (χ3n) is 4.27. The summed E-state index contributed by atoms with van der Waals surface area (Å²) in [6.45, 7) is 2.21. The monoisotopic (exact) mass is 260 g/mol. The zero-order chi connectivity index (χ0) is 12.5. The average molecular weight is 261 g/mol. The topological polar surface area (TPSA) is 27.0 Å². The van der Waals surface area contributed by atoms with Gasteiger partial charge in [-0.2, -0.15) is 5.26 Å². The molecule has 0 aromatic heterocycles. The quantitative estimate of drug-likeness (QED) is 0.767. The van der Waals surface area contributed by atoms with Gasteiger partial charge in [0.05, 0.1) is 11.3 Å².